The van der Waals surface area contributed by atoms with Crippen molar-refractivity contribution in [3.05, 3.63) is 0 Å². The van der Waals surface area contributed by atoms with Crippen LogP contribution in [0.3, 0.4) is 0 Å². The highest BCUT2D eigenvalue weighted by Gasteiger charge is 2.38. The van der Waals surface area contributed by atoms with Crippen LogP contribution in [0, 0.1) is 22.2 Å². The standard InChI is InChI=1S/C24H47N2O8PS/c1-22(2,3)14-17(19(28)23(4,5)6)15-33-35(31,32)34-16-24(7,8)20(29)21(30)26-11-10-18(27)25-12-13-36-9/h17,20,29H,10-16H2,1-9H3,(H,25,27)(H,26,30)(H,31,32). The second-order valence-electron chi connectivity index (χ2n) is 11.9. The summed E-state index contributed by atoms with van der Waals surface area (Å²) in [5, 5.41) is 15.6. The van der Waals surface area contributed by atoms with E-state index in [1.165, 1.54) is 13.8 Å². The molecule has 0 bridgehead atoms. The number of carbonyl (C=O) groups is 3. The third kappa shape index (κ3) is 14.7. The monoisotopic (exact) mass is 554 g/mol. The Kier molecular flexibility index (Phi) is 14.4. The number of aliphatic hydroxyl groups is 1. The first kappa shape index (κ1) is 35.0. The van der Waals surface area contributed by atoms with Gasteiger partial charge in [-0.2, -0.15) is 11.8 Å². The number of ketones is 1. The minimum absolute atomic E-state index is 0.0382. The molecule has 0 aromatic carbocycles. The van der Waals surface area contributed by atoms with Crippen LogP contribution in [0.5, 0.6) is 0 Å². The average molecular weight is 555 g/mol. The molecule has 4 N–H and O–H groups in total. The Morgan fingerprint density at radius 3 is 2.06 bits per heavy atom. The Balaban J connectivity index is 4.87. The number of rotatable bonds is 16. The van der Waals surface area contributed by atoms with Crippen LogP contribution < -0.4 is 10.6 Å². The maximum absolute atomic E-state index is 12.8. The minimum Gasteiger partial charge on any atom is -0.383 e. The molecule has 0 aromatic heterocycles. The summed E-state index contributed by atoms with van der Waals surface area (Å²) >= 11 is 1.60. The highest BCUT2D eigenvalue weighted by Crippen LogP contribution is 2.46. The zero-order valence-corrected chi connectivity index (χ0v) is 25.0. The average Bonchev–Trinajstić information content (AvgIpc) is 2.73. The van der Waals surface area contributed by atoms with Gasteiger partial charge in [-0.25, -0.2) is 4.57 Å². The number of carbonyl (C=O) groups excluding carboxylic acids is 3. The predicted molar refractivity (Wildman–Crippen MR) is 143 cm³/mol. The lowest BCUT2D eigenvalue weighted by Gasteiger charge is -2.31. The number of amides is 2. The molecule has 0 rings (SSSR count). The van der Waals surface area contributed by atoms with E-state index in [4.69, 9.17) is 9.05 Å². The minimum atomic E-state index is -4.57. The van der Waals surface area contributed by atoms with Crippen LogP contribution in [0.2, 0.25) is 0 Å². The number of nitrogens with one attached hydrogen (secondary N) is 2. The van der Waals surface area contributed by atoms with Gasteiger partial charge in [0.25, 0.3) is 0 Å². The highest BCUT2D eigenvalue weighted by atomic mass is 32.2. The second kappa shape index (κ2) is 14.8. The largest absolute Gasteiger partial charge is 0.472 e. The van der Waals surface area contributed by atoms with Crippen molar-refractivity contribution in [3.63, 3.8) is 0 Å². The van der Waals surface area contributed by atoms with Gasteiger partial charge in [-0.15, -0.1) is 0 Å². The van der Waals surface area contributed by atoms with E-state index in [2.05, 4.69) is 10.6 Å². The number of phosphoric acid groups is 1. The number of hydrogen-bond donors (Lipinski definition) is 4. The fraction of sp³-hybridized carbons (Fsp3) is 0.875. The normalized spacial score (nSPS) is 16.1. The molecular weight excluding hydrogens is 507 g/mol. The van der Waals surface area contributed by atoms with Gasteiger partial charge in [-0.1, -0.05) is 55.4 Å². The first-order chi connectivity index (χ1) is 16.2. The third-order valence-corrected chi connectivity index (χ3v) is 6.82. The fourth-order valence-electron chi connectivity index (χ4n) is 3.26. The van der Waals surface area contributed by atoms with Crippen LogP contribution in [0.1, 0.15) is 68.2 Å². The topological polar surface area (TPSA) is 151 Å². The maximum atomic E-state index is 12.8. The van der Waals surface area contributed by atoms with Gasteiger partial charge in [-0.3, -0.25) is 23.4 Å². The van der Waals surface area contributed by atoms with Gasteiger partial charge in [-0.05, 0) is 18.1 Å². The summed E-state index contributed by atoms with van der Waals surface area (Å²) in [5.41, 5.74) is -2.09. The van der Waals surface area contributed by atoms with Crippen molar-refractivity contribution in [3.8, 4) is 0 Å². The van der Waals surface area contributed by atoms with Gasteiger partial charge in [0.05, 0.1) is 13.2 Å². The SMILES string of the molecule is CSCCNC(=O)CCNC(=O)C(O)C(C)(C)COP(=O)(O)OCC(CC(C)(C)C)C(=O)C(C)(C)C. The summed E-state index contributed by atoms with van der Waals surface area (Å²) in [6.07, 6.45) is 0.891. The molecule has 0 heterocycles. The molecular formula is C24H47N2O8PS. The summed E-state index contributed by atoms with van der Waals surface area (Å²) in [7, 11) is -4.57. The van der Waals surface area contributed by atoms with Gasteiger partial charge in [0.15, 0.2) is 0 Å². The Morgan fingerprint density at radius 2 is 1.56 bits per heavy atom. The van der Waals surface area contributed by atoms with E-state index >= 15 is 0 Å². The van der Waals surface area contributed by atoms with Crippen LogP contribution in [0.4, 0.5) is 0 Å². The summed E-state index contributed by atoms with van der Waals surface area (Å²) in [4.78, 5) is 47.1. The van der Waals surface area contributed by atoms with Crippen LogP contribution >= 0.6 is 19.6 Å². The van der Waals surface area contributed by atoms with Crippen molar-refractivity contribution < 1.29 is 38.0 Å². The van der Waals surface area contributed by atoms with Crippen LogP contribution in [0.25, 0.3) is 0 Å². The van der Waals surface area contributed by atoms with Crippen molar-refractivity contribution in [2.75, 3.05) is 38.3 Å². The molecule has 3 unspecified atom stereocenters. The van der Waals surface area contributed by atoms with E-state index in [1.807, 2.05) is 27.0 Å². The number of thioether (sulfide) groups is 1. The molecule has 0 radical (unpaired) electrons. The summed E-state index contributed by atoms with van der Waals surface area (Å²) < 4.78 is 22.8. The Bertz CT molecular complexity index is 777. The molecule has 0 aliphatic carbocycles. The molecule has 36 heavy (non-hydrogen) atoms. The molecule has 2 amide bonds. The number of phosphoric ester groups is 1. The maximum Gasteiger partial charge on any atom is 0.472 e. The number of aliphatic hydroxyl groups excluding tert-OH is 1. The van der Waals surface area contributed by atoms with E-state index in [0.29, 0.717) is 13.0 Å². The van der Waals surface area contributed by atoms with Crippen LogP contribution in [0.15, 0.2) is 0 Å². The lowest BCUT2D eigenvalue weighted by molar-refractivity contribution is -0.137. The van der Waals surface area contributed by atoms with Crippen molar-refractivity contribution in [1.82, 2.24) is 10.6 Å². The molecule has 10 nitrogen and oxygen atoms in total. The summed E-state index contributed by atoms with van der Waals surface area (Å²) in [6, 6.07) is 0. The molecule has 0 aromatic rings. The Labute approximate surface area is 220 Å². The van der Waals surface area contributed by atoms with Crippen LogP contribution in [-0.4, -0.2) is 72.0 Å². The first-order valence-corrected chi connectivity index (χ1v) is 15.0. The molecule has 0 fully saturated rings. The molecule has 0 aliphatic heterocycles. The third-order valence-electron chi connectivity index (χ3n) is 5.28. The molecule has 212 valence electrons. The quantitative estimate of drug-likeness (QED) is 0.167. The molecule has 0 aliphatic rings. The predicted octanol–water partition coefficient (Wildman–Crippen LogP) is 3.16. The van der Waals surface area contributed by atoms with E-state index in [-0.39, 0.29) is 36.7 Å². The molecule has 0 spiro atoms. The van der Waals surface area contributed by atoms with Gasteiger partial charge in [0.1, 0.15) is 11.9 Å². The Hall–Kier alpha value is -0.970. The van der Waals surface area contributed by atoms with Crippen molar-refractivity contribution >= 4 is 37.2 Å². The van der Waals surface area contributed by atoms with Gasteiger partial charge < -0.3 is 20.6 Å². The number of hydrogen-bond acceptors (Lipinski definition) is 8. The highest BCUT2D eigenvalue weighted by molar-refractivity contribution is 7.98. The second-order valence-corrected chi connectivity index (χ2v) is 14.3. The lowest BCUT2D eigenvalue weighted by Crippen LogP contribution is -2.46. The van der Waals surface area contributed by atoms with Crippen molar-refractivity contribution in [1.29, 1.82) is 0 Å². The molecule has 3 atom stereocenters. The van der Waals surface area contributed by atoms with E-state index < -0.39 is 43.2 Å². The van der Waals surface area contributed by atoms with Crippen molar-refractivity contribution in [2.24, 2.45) is 22.2 Å². The first-order valence-electron chi connectivity index (χ1n) is 12.1. The van der Waals surface area contributed by atoms with E-state index in [1.54, 1.807) is 32.5 Å². The number of Topliss-reactive ketones (excluding diaryl/α,β-unsaturated/α-hetero) is 1. The van der Waals surface area contributed by atoms with Crippen LogP contribution in [-0.2, 0) is 28.0 Å². The zero-order chi connectivity index (χ0) is 28.4. The summed E-state index contributed by atoms with van der Waals surface area (Å²) in [6.45, 7) is 14.1. The van der Waals surface area contributed by atoms with Gasteiger partial charge in [0.2, 0.25) is 11.8 Å². The fourth-order valence-corrected chi connectivity index (χ4v) is 4.50. The molecule has 0 saturated carbocycles. The smallest absolute Gasteiger partial charge is 0.383 e. The molecule has 0 saturated heterocycles. The molecule has 12 heteroatoms. The van der Waals surface area contributed by atoms with Gasteiger partial charge >= 0.3 is 7.82 Å². The Morgan fingerprint density at radius 1 is 0.972 bits per heavy atom. The summed E-state index contributed by atoms with van der Waals surface area (Å²) in [5.74, 6) is -0.836. The van der Waals surface area contributed by atoms with Crippen molar-refractivity contribution in [2.45, 2.75) is 74.3 Å². The van der Waals surface area contributed by atoms with E-state index in [9.17, 15) is 28.9 Å². The van der Waals surface area contributed by atoms with E-state index in [0.717, 1.165) is 5.75 Å². The zero-order valence-electron chi connectivity index (χ0n) is 23.3. The lowest BCUT2D eigenvalue weighted by atomic mass is 9.76. The van der Waals surface area contributed by atoms with Gasteiger partial charge in [0, 0.05) is 42.0 Å².